The van der Waals surface area contributed by atoms with Crippen molar-refractivity contribution in [2.24, 2.45) is 0 Å². The molecule has 5 amide bonds. The van der Waals surface area contributed by atoms with Gasteiger partial charge in [0.2, 0.25) is 0 Å². The van der Waals surface area contributed by atoms with Gasteiger partial charge in [-0.05, 0) is 264 Å². The third-order valence-corrected chi connectivity index (χ3v) is 26.1. The Morgan fingerprint density at radius 1 is 0.370 bits per heavy atom. The van der Waals surface area contributed by atoms with Crippen LogP contribution in [0.1, 0.15) is 87.5 Å². The predicted molar refractivity (Wildman–Crippen MR) is 544 cm³/mol. The number of halogens is 3. The molecule has 0 aliphatic heterocycles. The number of amides is 5. The van der Waals surface area contributed by atoms with E-state index in [4.69, 9.17) is 33.7 Å². The van der Waals surface area contributed by atoms with Gasteiger partial charge >= 0.3 is 0 Å². The fourth-order valence-corrected chi connectivity index (χ4v) is 17.9. The Morgan fingerprint density at radius 3 is 1.38 bits per heavy atom. The number of hydrogen-bond acceptors (Lipinski definition) is 18. The SMILES string of the molecule is Cc1ccc(NC(=O)c2cc(-c3cccc(O)c3)n[nH]2)cc1.N#Cc1cccc(-c2ccc(C(=O)Nc3ccc(O)cc3)s2)c1.N#Cc1cccc(-c2ccc(C(=O)Nc3ccncc3)s2)c1.O=C(CCc1ccccc1)c1ccc(-c2ccc(Cl)cc2)s1.O=C(Nc1ccc(Cl)cc1)c1ccc(-c2ccccc2F)s1.O=C(Nc1cccnc1)c1ccc(-c2ccc3ccccc3c2)s1. The summed E-state index contributed by atoms with van der Waals surface area (Å²) in [5.41, 5.74) is 13.2. The standard InChI is InChI=1S/C20H14N2OS.C19H15ClOS.C18H12N2O2S.C17H11ClFNOS.C17H15N3O2.C17H11N3OS/c23-20(22-17-6-3-11-21-13-17)19-10-9-18(24-19)16-8-7-14-4-1-2-5-15(14)12-16;20-16-9-7-15(8-10-16)18-12-13-19(22-18)17(21)11-6-14-4-2-1-3-5-14;19-11-12-2-1-3-13(10-12)16-8-9-17(23-16)18(22)20-14-4-6-15(21)7-5-14;18-11-5-7-12(8-6-11)20-17(21)16-10-9-15(22-16)13-3-1-2-4-14(13)19;1-11-5-7-13(8-6-11)18-17(22)16-10-15(19-20-16)12-3-2-4-14(21)9-12;18-11-12-2-1-3-13(10-12)15-4-5-16(22-15)17(21)20-14-6-8-19-9-7-14/h1-13H,(H,22,23);1-5,7-10,12-13H,6,11H2;1-10,21H,(H,20,22);1-10H,(H,20,21);2-10,21H,1H3,(H,18,22)(H,19,20);1-10H,(H,19,20,21). The number of phenols is 2. The minimum atomic E-state index is -0.297. The zero-order valence-electron chi connectivity index (χ0n) is 71.5. The van der Waals surface area contributed by atoms with Gasteiger partial charge in [0, 0.05) is 93.3 Å². The van der Waals surface area contributed by atoms with E-state index < -0.39 is 0 Å². The van der Waals surface area contributed by atoms with Crippen LogP contribution < -0.4 is 26.6 Å². The number of H-pyrrole nitrogens is 1. The van der Waals surface area contributed by atoms with E-state index in [9.17, 15) is 43.4 Å². The molecule has 0 saturated heterocycles. The van der Waals surface area contributed by atoms with Crippen molar-refractivity contribution in [3.63, 3.8) is 0 Å². The lowest BCUT2D eigenvalue weighted by Crippen LogP contribution is -2.12. The van der Waals surface area contributed by atoms with E-state index in [0.717, 1.165) is 79.8 Å². The molecule has 0 unspecified atom stereocenters. The van der Waals surface area contributed by atoms with E-state index in [-0.39, 0.29) is 52.6 Å². The number of nitrogens with one attached hydrogen (secondary N) is 6. The number of fused-ring (bicyclic) bond motifs is 1. The molecule has 135 heavy (non-hydrogen) atoms. The van der Waals surface area contributed by atoms with Crippen molar-refractivity contribution < 1.29 is 43.4 Å². The molecule has 8 aromatic heterocycles. The molecule has 19 nitrogen and oxygen atoms in total. The number of rotatable bonds is 20. The highest BCUT2D eigenvalue weighted by atomic mass is 35.5. The maximum atomic E-state index is 13.8. The van der Waals surface area contributed by atoms with Crippen LogP contribution in [0.5, 0.6) is 11.5 Å². The number of aryl methyl sites for hydroxylation is 2. The van der Waals surface area contributed by atoms with Crippen molar-refractivity contribution in [2.75, 3.05) is 26.6 Å². The monoisotopic (exact) mass is 1910 g/mol. The molecule has 0 spiro atoms. The molecule has 664 valence electrons. The topological polar surface area (TPSA) is 305 Å². The van der Waals surface area contributed by atoms with Crippen molar-refractivity contribution in [2.45, 2.75) is 19.8 Å². The molecule has 0 bridgehead atoms. The summed E-state index contributed by atoms with van der Waals surface area (Å²) in [6, 6.07) is 113. The molecule has 0 fully saturated rings. The maximum Gasteiger partial charge on any atom is 0.273 e. The molecular formula is C108H78Cl2FN11O8S5. The van der Waals surface area contributed by atoms with Gasteiger partial charge in [-0.2, -0.15) is 15.6 Å². The van der Waals surface area contributed by atoms with Gasteiger partial charge in [-0.3, -0.25) is 43.8 Å². The number of benzene rings is 11. The molecule has 0 saturated carbocycles. The number of aromatic nitrogens is 4. The molecule has 8 N–H and O–H groups in total. The Bertz CT molecular complexity index is 7410. The summed E-state index contributed by atoms with van der Waals surface area (Å²) in [6.07, 6.45) is 7.90. The maximum absolute atomic E-state index is 13.8. The molecule has 0 atom stereocenters. The highest BCUT2D eigenvalue weighted by Crippen LogP contribution is 2.37. The lowest BCUT2D eigenvalue weighted by Gasteiger charge is -2.03. The van der Waals surface area contributed by atoms with Crippen LogP contribution in [0.3, 0.4) is 0 Å². The number of anilines is 5. The Hall–Kier alpha value is -16.2. The number of nitriles is 2. The molecule has 11 aromatic carbocycles. The summed E-state index contributed by atoms with van der Waals surface area (Å²) in [4.78, 5) is 89.4. The van der Waals surface area contributed by atoms with E-state index in [0.29, 0.717) is 81.8 Å². The molecule has 0 aliphatic carbocycles. The van der Waals surface area contributed by atoms with Crippen molar-refractivity contribution in [3.8, 4) is 87.1 Å². The van der Waals surface area contributed by atoms with E-state index in [1.165, 1.54) is 79.9 Å². The van der Waals surface area contributed by atoms with Crippen LogP contribution in [0, 0.1) is 35.4 Å². The number of carbonyl (C=O) groups is 6. The number of aromatic hydroxyl groups is 2. The zero-order chi connectivity index (χ0) is 94.4. The molecule has 0 aliphatic rings. The largest absolute Gasteiger partial charge is 0.508 e. The number of aromatic amines is 1. The van der Waals surface area contributed by atoms with Crippen LogP contribution in [0.25, 0.3) is 74.2 Å². The summed E-state index contributed by atoms with van der Waals surface area (Å²) in [7, 11) is 0. The first-order valence-electron chi connectivity index (χ1n) is 41.6. The van der Waals surface area contributed by atoms with Gasteiger partial charge in [0.05, 0.1) is 65.2 Å². The Morgan fingerprint density at radius 2 is 0.822 bits per heavy atom. The second-order valence-corrected chi connectivity index (χ2v) is 35.8. The minimum Gasteiger partial charge on any atom is -0.508 e. The first-order valence-corrected chi connectivity index (χ1v) is 46.4. The Labute approximate surface area is 806 Å². The van der Waals surface area contributed by atoms with E-state index in [1.54, 1.807) is 176 Å². The second kappa shape index (κ2) is 47.1. The molecule has 19 rings (SSSR count). The number of ketones is 1. The number of pyridine rings is 2. The summed E-state index contributed by atoms with van der Waals surface area (Å²) in [6.45, 7) is 1.99. The molecule has 19 aromatic rings. The lowest BCUT2D eigenvalue weighted by molar-refractivity contribution is 0.0982. The van der Waals surface area contributed by atoms with Crippen molar-refractivity contribution in [1.82, 2.24) is 20.2 Å². The lowest BCUT2D eigenvalue weighted by atomic mass is 10.1. The van der Waals surface area contributed by atoms with Crippen molar-refractivity contribution >= 4 is 154 Å². The van der Waals surface area contributed by atoms with Crippen molar-refractivity contribution in [1.29, 1.82) is 10.5 Å². The highest BCUT2D eigenvalue weighted by molar-refractivity contribution is 7.19. The summed E-state index contributed by atoms with van der Waals surface area (Å²) in [5, 5.41) is 61.3. The number of thiophene rings is 5. The van der Waals surface area contributed by atoms with Crippen LogP contribution in [0.15, 0.2) is 383 Å². The number of Topliss-reactive ketones (excluding diaryl/α,β-unsaturated/α-hetero) is 1. The fraction of sp³-hybridized carbons (Fsp3) is 0.0278. The third kappa shape index (κ3) is 27.5. The highest BCUT2D eigenvalue weighted by Gasteiger charge is 2.19. The smallest absolute Gasteiger partial charge is 0.273 e. The minimum absolute atomic E-state index is 0.111. The number of phenolic OH excluding ortho intramolecular Hbond substituents is 2. The van der Waals surface area contributed by atoms with E-state index in [1.807, 2.05) is 165 Å². The van der Waals surface area contributed by atoms with Gasteiger partial charge in [-0.25, -0.2) is 4.39 Å². The quantitative estimate of drug-likeness (QED) is 0.0260. The van der Waals surface area contributed by atoms with Gasteiger partial charge in [-0.15, -0.1) is 56.7 Å². The second-order valence-electron chi connectivity index (χ2n) is 29.5. The summed E-state index contributed by atoms with van der Waals surface area (Å²) >= 11 is 18.8. The summed E-state index contributed by atoms with van der Waals surface area (Å²) < 4.78 is 13.8. The van der Waals surface area contributed by atoms with Crippen LogP contribution in [-0.2, 0) is 6.42 Å². The van der Waals surface area contributed by atoms with Crippen LogP contribution >= 0.6 is 79.9 Å². The van der Waals surface area contributed by atoms with E-state index in [2.05, 4.69) is 101 Å². The predicted octanol–water partition coefficient (Wildman–Crippen LogP) is 28.1. The van der Waals surface area contributed by atoms with Crippen LogP contribution in [-0.4, -0.2) is 65.7 Å². The van der Waals surface area contributed by atoms with Gasteiger partial charge in [0.25, 0.3) is 29.5 Å². The molecule has 0 radical (unpaired) electrons. The average Bonchev–Trinajstić information content (AvgIpc) is 1.74. The van der Waals surface area contributed by atoms with Gasteiger partial charge in [0.1, 0.15) is 23.0 Å². The molecule has 8 heterocycles. The van der Waals surface area contributed by atoms with Gasteiger partial charge in [-0.1, -0.05) is 174 Å². The van der Waals surface area contributed by atoms with Crippen molar-refractivity contribution in [3.05, 3.63) is 451 Å². The van der Waals surface area contributed by atoms with Gasteiger partial charge in [0.15, 0.2) is 5.78 Å². The number of carbonyl (C=O) groups excluding carboxylic acids is 6. The Kier molecular flexibility index (Phi) is 33.1. The number of hydrogen-bond donors (Lipinski definition) is 8. The van der Waals surface area contributed by atoms with Gasteiger partial charge < -0.3 is 36.8 Å². The van der Waals surface area contributed by atoms with E-state index >= 15 is 0 Å². The van der Waals surface area contributed by atoms with Crippen LogP contribution in [0.4, 0.5) is 32.8 Å². The zero-order valence-corrected chi connectivity index (χ0v) is 77.1. The molecule has 27 heteroatoms. The first-order chi connectivity index (χ1) is 65.7. The number of nitrogens with zero attached hydrogens (tertiary/aromatic N) is 5. The third-order valence-electron chi connectivity index (χ3n) is 19.9. The summed E-state index contributed by atoms with van der Waals surface area (Å²) in [5.74, 6) is -0.743. The normalized spacial score (nSPS) is 10.4. The fourth-order valence-electron chi connectivity index (χ4n) is 13.0. The van der Waals surface area contributed by atoms with Crippen LogP contribution in [0.2, 0.25) is 10.0 Å². The first kappa shape index (κ1) is 94.9. The average molecular weight is 1910 g/mol. The molecular weight excluding hydrogens is 1830 g/mol. The Balaban J connectivity index is 0.000000130.